The van der Waals surface area contributed by atoms with Gasteiger partial charge in [-0.1, -0.05) is 32.0 Å². The van der Waals surface area contributed by atoms with Crippen molar-refractivity contribution in [1.82, 2.24) is 10.2 Å². The first kappa shape index (κ1) is 23.3. The van der Waals surface area contributed by atoms with Crippen LogP contribution in [0.3, 0.4) is 0 Å². The van der Waals surface area contributed by atoms with Crippen LogP contribution >= 0.6 is 0 Å². The molecule has 1 aliphatic carbocycles. The summed E-state index contributed by atoms with van der Waals surface area (Å²) in [5, 5.41) is 2.95. The second-order valence-electron chi connectivity index (χ2n) is 9.70. The van der Waals surface area contributed by atoms with Gasteiger partial charge in [0.2, 0.25) is 5.91 Å². The fourth-order valence-corrected chi connectivity index (χ4v) is 4.41. The van der Waals surface area contributed by atoms with Crippen LogP contribution in [0.5, 0.6) is 5.75 Å². The van der Waals surface area contributed by atoms with E-state index < -0.39 is 12.1 Å². The van der Waals surface area contributed by atoms with Crippen LogP contribution in [0.1, 0.15) is 62.8 Å². The topological polar surface area (TPSA) is 58.6 Å². The van der Waals surface area contributed by atoms with Crippen LogP contribution in [-0.2, 0) is 16.0 Å². The molecule has 0 saturated heterocycles. The van der Waals surface area contributed by atoms with Gasteiger partial charge in [0.1, 0.15) is 11.6 Å². The maximum absolute atomic E-state index is 14.1. The van der Waals surface area contributed by atoms with Crippen molar-refractivity contribution in [3.05, 3.63) is 65.0 Å². The van der Waals surface area contributed by atoms with Crippen molar-refractivity contribution in [3.63, 3.8) is 0 Å². The normalized spacial score (nSPS) is 18.6. The summed E-state index contributed by atoms with van der Waals surface area (Å²) in [6.07, 6.45) is 2.89. The van der Waals surface area contributed by atoms with Gasteiger partial charge in [0.15, 0.2) is 6.10 Å². The van der Waals surface area contributed by atoms with Crippen molar-refractivity contribution in [2.45, 2.75) is 58.6 Å². The van der Waals surface area contributed by atoms with Crippen molar-refractivity contribution in [1.29, 1.82) is 0 Å². The van der Waals surface area contributed by atoms with Crippen LogP contribution < -0.4 is 10.1 Å². The van der Waals surface area contributed by atoms with Crippen LogP contribution in [0.4, 0.5) is 4.39 Å². The second kappa shape index (κ2) is 9.94. The number of benzene rings is 2. The summed E-state index contributed by atoms with van der Waals surface area (Å²) in [6, 6.07) is 11.8. The molecule has 33 heavy (non-hydrogen) atoms. The summed E-state index contributed by atoms with van der Waals surface area (Å²) in [5.41, 5.74) is 2.77. The summed E-state index contributed by atoms with van der Waals surface area (Å²) < 4.78 is 20.1. The Morgan fingerprint density at radius 2 is 1.94 bits per heavy atom. The Morgan fingerprint density at radius 1 is 1.15 bits per heavy atom. The number of carbonyl (C=O) groups excluding carboxylic acids is 2. The third-order valence-electron chi connectivity index (χ3n) is 6.36. The minimum atomic E-state index is -0.628. The zero-order chi connectivity index (χ0) is 23.5. The number of nitrogens with one attached hydrogen (secondary N) is 1. The molecule has 1 saturated carbocycles. The van der Waals surface area contributed by atoms with Crippen LogP contribution in [0, 0.1) is 17.7 Å². The molecule has 2 aromatic rings. The van der Waals surface area contributed by atoms with Gasteiger partial charge in [0.25, 0.3) is 5.91 Å². The van der Waals surface area contributed by atoms with E-state index in [-0.39, 0.29) is 23.5 Å². The maximum Gasteiger partial charge on any atom is 0.260 e. The largest absolute Gasteiger partial charge is 0.481 e. The molecule has 0 radical (unpaired) electrons. The lowest BCUT2D eigenvalue weighted by Crippen LogP contribution is -2.41. The van der Waals surface area contributed by atoms with Gasteiger partial charge < -0.3 is 15.0 Å². The van der Waals surface area contributed by atoms with Crippen molar-refractivity contribution in [2.24, 2.45) is 11.8 Å². The average molecular weight is 453 g/mol. The Bertz CT molecular complexity index is 1020. The molecule has 2 aliphatic rings. The van der Waals surface area contributed by atoms with Crippen molar-refractivity contribution in [2.75, 3.05) is 13.1 Å². The van der Waals surface area contributed by atoms with Gasteiger partial charge in [-0.15, -0.1) is 0 Å². The minimum absolute atomic E-state index is 0.0593. The van der Waals surface area contributed by atoms with E-state index >= 15 is 0 Å². The molecule has 1 fully saturated rings. The third kappa shape index (κ3) is 5.73. The summed E-state index contributed by atoms with van der Waals surface area (Å²) in [5.74, 6) is 1.01. The fourth-order valence-electron chi connectivity index (χ4n) is 4.41. The zero-order valence-corrected chi connectivity index (χ0v) is 19.6. The van der Waals surface area contributed by atoms with Gasteiger partial charge in [-0.3, -0.25) is 9.59 Å². The van der Waals surface area contributed by atoms with Gasteiger partial charge in [-0.25, -0.2) is 4.39 Å². The first-order valence-corrected chi connectivity index (χ1v) is 11.9. The number of hydrogen-bond donors (Lipinski definition) is 1. The minimum Gasteiger partial charge on any atom is -0.481 e. The number of hydrogen-bond acceptors (Lipinski definition) is 3. The summed E-state index contributed by atoms with van der Waals surface area (Å²) in [4.78, 5) is 27.4. The molecule has 0 aromatic heterocycles. The molecule has 2 amide bonds. The first-order valence-electron chi connectivity index (χ1n) is 11.9. The molecule has 5 nitrogen and oxygen atoms in total. The molecule has 0 spiro atoms. The number of amides is 2. The number of ether oxygens (including phenoxy) is 1. The van der Waals surface area contributed by atoms with Crippen LogP contribution in [0.15, 0.2) is 42.5 Å². The third-order valence-corrected chi connectivity index (χ3v) is 6.36. The lowest BCUT2D eigenvalue weighted by molar-refractivity contribution is -0.134. The molecular weight excluding hydrogens is 419 g/mol. The van der Waals surface area contributed by atoms with E-state index in [9.17, 15) is 14.0 Å². The van der Waals surface area contributed by atoms with Crippen LogP contribution in [0.2, 0.25) is 0 Å². The summed E-state index contributed by atoms with van der Waals surface area (Å²) in [6.45, 7) is 7.07. The van der Waals surface area contributed by atoms with Gasteiger partial charge in [0, 0.05) is 19.5 Å². The van der Waals surface area contributed by atoms with E-state index in [0.717, 1.165) is 23.1 Å². The summed E-state index contributed by atoms with van der Waals surface area (Å²) in [7, 11) is 0. The Balaban J connectivity index is 1.61. The predicted molar refractivity (Wildman–Crippen MR) is 125 cm³/mol. The van der Waals surface area contributed by atoms with Crippen molar-refractivity contribution >= 4 is 11.8 Å². The molecule has 2 aromatic carbocycles. The number of rotatable bonds is 8. The highest BCUT2D eigenvalue weighted by Gasteiger charge is 2.33. The van der Waals surface area contributed by atoms with E-state index in [0.29, 0.717) is 31.2 Å². The molecule has 6 heteroatoms. The van der Waals surface area contributed by atoms with E-state index in [1.54, 1.807) is 13.0 Å². The van der Waals surface area contributed by atoms with E-state index in [1.165, 1.54) is 25.0 Å². The SMILES string of the molecule is CC(C)CC(=O)N1CCc2ccc(OC(C)C(=O)NCC3CC3)cc2C1c1cccc(F)c1. The van der Waals surface area contributed by atoms with Gasteiger partial charge >= 0.3 is 0 Å². The molecule has 1 N–H and O–H groups in total. The molecule has 176 valence electrons. The van der Waals surface area contributed by atoms with E-state index in [1.807, 2.05) is 43.0 Å². The Labute approximate surface area is 195 Å². The van der Waals surface area contributed by atoms with Crippen molar-refractivity contribution < 1.29 is 18.7 Å². The number of halogens is 1. The predicted octanol–water partition coefficient (Wildman–Crippen LogP) is 4.64. The zero-order valence-electron chi connectivity index (χ0n) is 19.6. The Morgan fingerprint density at radius 3 is 2.64 bits per heavy atom. The van der Waals surface area contributed by atoms with Crippen molar-refractivity contribution in [3.8, 4) is 5.75 Å². The van der Waals surface area contributed by atoms with E-state index in [4.69, 9.17) is 4.74 Å². The number of carbonyl (C=O) groups is 2. The van der Waals surface area contributed by atoms with Gasteiger partial charge in [-0.05, 0) is 79.0 Å². The lowest BCUT2D eigenvalue weighted by atomic mass is 9.87. The molecular formula is C27H33FN2O3. The lowest BCUT2D eigenvalue weighted by Gasteiger charge is -2.38. The highest BCUT2D eigenvalue weighted by atomic mass is 19.1. The van der Waals surface area contributed by atoms with E-state index in [2.05, 4.69) is 5.32 Å². The average Bonchev–Trinajstić information content (AvgIpc) is 3.60. The number of fused-ring (bicyclic) bond motifs is 1. The molecule has 1 heterocycles. The smallest absolute Gasteiger partial charge is 0.260 e. The van der Waals surface area contributed by atoms with Crippen LogP contribution in [0.25, 0.3) is 0 Å². The molecule has 0 bridgehead atoms. The standard InChI is InChI=1S/C27H33FN2O3/c1-17(2)13-25(31)30-12-11-20-9-10-23(33-18(3)27(32)29-16-19-7-8-19)15-24(20)26(30)21-5-4-6-22(28)14-21/h4-6,9-10,14-15,17-19,26H,7-8,11-13,16H2,1-3H3,(H,29,32). The van der Waals surface area contributed by atoms with Gasteiger partial charge in [-0.2, -0.15) is 0 Å². The quantitative estimate of drug-likeness (QED) is 0.635. The molecule has 1 aliphatic heterocycles. The second-order valence-corrected chi connectivity index (χ2v) is 9.70. The molecule has 2 atom stereocenters. The maximum atomic E-state index is 14.1. The van der Waals surface area contributed by atoms with Gasteiger partial charge in [0.05, 0.1) is 6.04 Å². The molecule has 4 rings (SSSR count). The Hall–Kier alpha value is -2.89. The highest BCUT2D eigenvalue weighted by Crippen LogP contribution is 2.38. The monoisotopic (exact) mass is 452 g/mol. The number of nitrogens with zero attached hydrogens (tertiary/aromatic N) is 1. The molecule has 2 unspecified atom stereocenters. The van der Waals surface area contributed by atoms with Crippen LogP contribution in [-0.4, -0.2) is 35.9 Å². The Kier molecular flexibility index (Phi) is 7.01. The first-order chi connectivity index (χ1) is 15.8. The fraction of sp³-hybridized carbons (Fsp3) is 0.481. The highest BCUT2D eigenvalue weighted by molar-refractivity contribution is 5.80. The summed E-state index contributed by atoms with van der Waals surface area (Å²) >= 11 is 0.